The van der Waals surface area contributed by atoms with Crippen LogP contribution in [-0.4, -0.2) is 99.7 Å². The van der Waals surface area contributed by atoms with Gasteiger partial charge in [-0.1, -0.05) is 29.8 Å². The zero-order valence-electron chi connectivity index (χ0n) is 26.5. The number of benzene rings is 1. The predicted molar refractivity (Wildman–Crippen MR) is 177 cm³/mol. The number of H-pyrrole nitrogens is 1. The van der Waals surface area contributed by atoms with E-state index in [1.807, 2.05) is 44.0 Å². The number of aromatic nitrogens is 3. The SMILES string of the molecule is CC(C)(C)OC(=O)N1CCCC(CN2CCC(CCN3CC[C@@H](Nc4ncc(Cl)c(-c5c[nH]c6ccccc56)n4)C3)CC2)C1. The van der Waals surface area contributed by atoms with Gasteiger partial charge in [0.25, 0.3) is 0 Å². The molecule has 6 rings (SSSR count). The number of nitrogens with one attached hydrogen (secondary N) is 2. The molecule has 238 valence electrons. The number of aromatic amines is 1. The van der Waals surface area contributed by atoms with Crippen molar-refractivity contribution < 1.29 is 9.53 Å². The molecule has 44 heavy (non-hydrogen) atoms. The molecule has 3 aromatic rings. The zero-order valence-corrected chi connectivity index (χ0v) is 27.3. The van der Waals surface area contributed by atoms with Crippen molar-refractivity contribution in [1.29, 1.82) is 0 Å². The molecule has 10 heteroatoms. The molecular formula is C34H48ClN7O2. The number of nitrogens with zero attached hydrogens (tertiary/aromatic N) is 5. The van der Waals surface area contributed by atoms with Gasteiger partial charge in [-0.25, -0.2) is 14.8 Å². The maximum Gasteiger partial charge on any atom is 0.410 e. The van der Waals surface area contributed by atoms with E-state index in [9.17, 15) is 4.79 Å². The summed E-state index contributed by atoms with van der Waals surface area (Å²) < 4.78 is 5.62. The number of piperidine rings is 2. The Bertz CT molecular complexity index is 1410. The number of halogens is 1. The fraction of sp³-hybridized carbons (Fsp3) is 0.618. The Hall–Kier alpha value is -2.88. The van der Waals surface area contributed by atoms with Gasteiger partial charge >= 0.3 is 6.09 Å². The highest BCUT2D eigenvalue weighted by Gasteiger charge is 2.30. The quantitative estimate of drug-likeness (QED) is 0.296. The average molecular weight is 622 g/mol. The molecule has 2 atom stereocenters. The lowest BCUT2D eigenvalue weighted by Gasteiger charge is -2.38. The summed E-state index contributed by atoms with van der Waals surface area (Å²) in [7, 11) is 0. The van der Waals surface area contributed by atoms with E-state index in [2.05, 4.69) is 37.2 Å². The topological polar surface area (TPSA) is 89.6 Å². The van der Waals surface area contributed by atoms with Crippen LogP contribution < -0.4 is 5.32 Å². The largest absolute Gasteiger partial charge is 0.444 e. The van der Waals surface area contributed by atoms with Crippen molar-refractivity contribution in [1.82, 2.24) is 29.7 Å². The number of para-hydroxylation sites is 1. The minimum Gasteiger partial charge on any atom is -0.444 e. The number of amides is 1. The first-order chi connectivity index (χ1) is 21.2. The normalized spacial score (nSPS) is 22.5. The number of anilines is 1. The Morgan fingerprint density at radius 2 is 1.84 bits per heavy atom. The van der Waals surface area contributed by atoms with Crippen molar-refractivity contribution in [3.63, 3.8) is 0 Å². The average Bonchev–Trinajstić information content (AvgIpc) is 3.64. The Balaban J connectivity index is 0.921. The number of carbonyl (C=O) groups excluding carboxylic acids is 1. The summed E-state index contributed by atoms with van der Waals surface area (Å²) >= 11 is 6.54. The number of carbonyl (C=O) groups is 1. The molecule has 3 fully saturated rings. The zero-order chi connectivity index (χ0) is 30.7. The Kier molecular flexibility index (Phi) is 9.64. The van der Waals surface area contributed by atoms with E-state index in [0.717, 1.165) is 80.2 Å². The van der Waals surface area contributed by atoms with Crippen LogP contribution in [0, 0.1) is 11.8 Å². The molecule has 0 saturated carbocycles. The lowest BCUT2D eigenvalue weighted by Crippen LogP contribution is -2.46. The van der Waals surface area contributed by atoms with Crippen LogP contribution in [0.5, 0.6) is 0 Å². The minimum absolute atomic E-state index is 0.156. The third-order valence-electron chi connectivity index (χ3n) is 9.44. The number of rotatable bonds is 8. The van der Waals surface area contributed by atoms with Crippen LogP contribution in [0.1, 0.15) is 59.3 Å². The molecule has 3 saturated heterocycles. The fourth-order valence-corrected chi connectivity index (χ4v) is 7.32. The lowest BCUT2D eigenvalue weighted by atomic mass is 9.91. The van der Waals surface area contributed by atoms with Gasteiger partial charge in [-0.15, -0.1) is 0 Å². The molecule has 2 aromatic heterocycles. The molecular weight excluding hydrogens is 574 g/mol. The highest BCUT2D eigenvalue weighted by Crippen LogP contribution is 2.33. The first kappa shape index (κ1) is 31.1. The Morgan fingerprint density at radius 3 is 2.66 bits per heavy atom. The van der Waals surface area contributed by atoms with Crippen LogP contribution in [0.4, 0.5) is 10.7 Å². The summed E-state index contributed by atoms with van der Waals surface area (Å²) in [5.74, 6) is 1.98. The molecule has 0 aliphatic carbocycles. The van der Waals surface area contributed by atoms with Crippen LogP contribution in [0.2, 0.25) is 5.02 Å². The Morgan fingerprint density at radius 1 is 1.05 bits per heavy atom. The molecule has 0 bridgehead atoms. The predicted octanol–water partition coefficient (Wildman–Crippen LogP) is 6.51. The summed E-state index contributed by atoms with van der Waals surface area (Å²) in [6, 6.07) is 8.54. The number of hydrogen-bond acceptors (Lipinski definition) is 7. The van der Waals surface area contributed by atoms with Crippen LogP contribution in [-0.2, 0) is 4.74 Å². The van der Waals surface area contributed by atoms with Crippen molar-refractivity contribution in [3.8, 4) is 11.3 Å². The second-order valence-electron chi connectivity index (χ2n) is 14.0. The summed E-state index contributed by atoms with van der Waals surface area (Å²) in [6.07, 6.45) is 10.7. The maximum atomic E-state index is 12.6. The molecule has 3 aliphatic rings. The molecule has 1 aromatic carbocycles. The number of likely N-dealkylation sites (tertiary alicyclic amines) is 3. The van der Waals surface area contributed by atoms with E-state index < -0.39 is 5.60 Å². The van der Waals surface area contributed by atoms with E-state index in [1.165, 1.54) is 38.8 Å². The first-order valence-corrected chi connectivity index (χ1v) is 16.9. The smallest absolute Gasteiger partial charge is 0.410 e. The van der Waals surface area contributed by atoms with Gasteiger partial charge in [0.2, 0.25) is 5.95 Å². The second kappa shape index (κ2) is 13.6. The number of ether oxygens (including phenoxy) is 1. The standard InChI is InChI=1S/C34H48ClN7O2/c1-34(2,3)44-33(43)42-14-6-7-25(22-42)21-40-15-10-24(11-16-40)12-17-41-18-13-26(23-41)38-32-37-20-29(35)31(39-32)28-19-36-30-9-5-4-8-27(28)30/h4-5,8-9,19-20,24-26,36H,6-7,10-18,21-23H2,1-3H3,(H,37,38,39)/t25?,26-/m1/s1. The van der Waals surface area contributed by atoms with Gasteiger partial charge in [0, 0.05) is 61.4 Å². The van der Waals surface area contributed by atoms with E-state index >= 15 is 0 Å². The molecule has 9 nitrogen and oxygen atoms in total. The van der Waals surface area contributed by atoms with Gasteiger partial charge < -0.3 is 29.7 Å². The second-order valence-corrected chi connectivity index (χ2v) is 14.4. The first-order valence-electron chi connectivity index (χ1n) is 16.5. The summed E-state index contributed by atoms with van der Waals surface area (Å²) in [5, 5.41) is 5.24. The molecule has 2 N–H and O–H groups in total. The van der Waals surface area contributed by atoms with Gasteiger partial charge in [-0.05, 0) is 96.8 Å². The van der Waals surface area contributed by atoms with Crippen molar-refractivity contribution in [2.24, 2.45) is 11.8 Å². The van der Waals surface area contributed by atoms with Crippen molar-refractivity contribution in [2.45, 2.75) is 70.9 Å². The van der Waals surface area contributed by atoms with E-state index in [0.29, 0.717) is 22.9 Å². The highest BCUT2D eigenvalue weighted by molar-refractivity contribution is 6.33. The lowest BCUT2D eigenvalue weighted by molar-refractivity contribution is 0.0135. The monoisotopic (exact) mass is 621 g/mol. The maximum absolute atomic E-state index is 12.6. The summed E-state index contributed by atoms with van der Waals surface area (Å²) in [4.78, 5) is 32.4. The molecule has 0 spiro atoms. The third-order valence-corrected chi connectivity index (χ3v) is 9.72. The Labute approximate surface area is 266 Å². The van der Waals surface area contributed by atoms with Gasteiger partial charge in [-0.3, -0.25) is 0 Å². The van der Waals surface area contributed by atoms with Crippen LogP contribution in [0.25, 0.3) is 22.2 Å². The fourth-order valence-electron chi connectivity index (χ4n) is 7.12. The number of hydrogen-bond donors (Lipinski definition) is 2. The summed E-state index contributed by atoms with van der Waals surface area (Å²) in [5.41, 5.74) is 2.38. The molecule has 1 amide bonds. The number of fused-ring (bicyclic) bond motifs is 1. The van der Waals surface area contributed by atoms with Crippen molar-refractivity contribution in [2.75, 3.05) is 57.7 Å². The summed E-state index contributed by atoms with van der Waals surface area (Å²) in [6.45, 7) is 14.2. The van der Waals surface area contributed by atoms with Gasteiger partial charge in [0.1, 0.15) is 5.60 Å². The highest BCUT2D eigenvalue weighted by atomic mass is 35.5. The third kappa shape index (κ3) is 7.85. The van der Waals surface area contributed by atoms with Crippen molar-refractivity contribution in [3.05, 3.63) is 41.7 Å². The minimum atomic E-state index is -0.438. The van der Waals surface area contributed by atoms with E-state index in [-0.39, 0.29) is 6.09 Å². The van der Waals surface area contributed by atoms with Crippen LogP contribution >= 0.6 is 11.6 Å². The molecule has 5 heterocycles. The van der Waals surface area contributed by atoms with E-state index in [4.69, 9.17) is 21.3 Å². The molecule has 0 radical (unpaired) electrons. The van der Waals surface area contributed by atoms with Gasteiger partial charge in [-0.2, -0.15) is 0 Å². The van der Waals surface area contributed by atoms with Gasteiger partial charge in [0.05, 0.1) is 16.9 Å². The van der Waals surface area contributed by atoms with Crippen LogP contribution in [0.3, 0.4) is 0 Å². The molecule has 3 aliphatic heterocycles. The van der Waals surface area contributed by atoms with E-state index in [1.54, 1.807) is 6.20 Å². The molecule has 1 unspecified atom stereocenters. The van der Waals surface area contributed by atoms with Crippen molar-refractivity contribution >= 4 is 34.5 Å². The van der Waals surface area contributed by atoms with Crippen LogP contribution in [0.15, 0.2) is 36.7 Å². The van der Waals surface area contributed by atoms with Gasteiger partial charge in [0.15, 0.2) is 0 Å².